The minimum atomic E-state index is -1.00. The minimum Gasteiger partial charge on any atom is -0.497 e. The van der Waals surface area contributed by atoms with Gasteiger partial charge < -0.3 is 19.6 Å². The summed E-state index contributed by atoms with van der Waals surface area (Å²) in [6.45, 7) is 1.71. The smallest absolute Gasteiger partial charge is 0.227 e. The second-order valence-electron chi connectivity index (χ2n) is 8.01. The molecular weight excluding hydrogens is 423 g/mol. The summed E-state index contributed by atoms with van der Waals surface area (Å²) in [4.78, 5) is 16.8. The molecule has 1 aliphatic rings. The van der Waals surface area contributed by atoms with Crippen molar-refractivity contribution in [2.24, 2.45) is 5.92 Å². The van der Waals surface area contributed by atoms with Gasteiger partial charge in [-0.05, 0) is 55.9 Å². The first kappa shape index (κ1) is 24.5. The largest absolute Gasteiger partial charge is 0.497 e. The van der Waals surface area contributed by atoms with Crippen LogP contribution in [-0.2, 0) is 16.8 Å². The highest BCUT2D eigenvalue weighted by Gasteiger charge is 2.44. The first-order valence-electron chi connectivity index (χ1n) is 9.85. The normalized spacial score (nSPS) is 21.3. The zero-order valence-corrected chi connectivity index (χ0v) is 19.2. The van der Waals surface area contributed by atoms with Crippen LogP contribution in [0.25, 0.3) is 0 Å². The van der Waals surface area contributed by atoms with Gasteiger partial charge in [0.15, 0.2) is 0 Å². The number of carbonyl (C=O) groups excluding carboxylic acids is 1. The molecule has 164 valence electrons. The van der Waals surface area contributed by atoms with Crippen molar-refractivity contribution in [3.05, 3.63) is 64.7 Å². The van der Waals surface area contributed by atoms with E-state index in [4.69, 9.17) is 16.3 Å². The molecule has 2 aromatic carbocycles. The number of amides is 1. The Labute approximate surface area is 190 Å². The van der Waals surface area contributed by atoms with Crippen LogP contribution in [0.3, 0.4) is 0 Å². The van der Waals surface area contributed by atoms with E-state index in [9.17, 15) is 9.90 Å². The predicted octanol–water partition coefficient (Wildman–Crippen LogP) is 3.61. The number of nitrogens with zero attached hydrogens (tertiary/aromatic N) is 2. The minimum absolute atomic E-state index is 0. The number of benzene rings is 2. The number of carbonyl (C=O) groups is 1. The number of methoxy groups -OCH3 is 1. The molecule has 2 aromatic rings. The second kappa shape index (κ2) is 10.5. The van der Waals surface area contributed by atoms with Crippen molar-refractivity contribution in [2.75, 3.05) is 40.8 Å². The van der Waals surface area contributed by atoms with E-state index in [0.717, 1.165) is 16.9 Å². The summed E-state index contributed by atoms with van der Waals surface area (Å²) in [5, 5.41) is 12.3. The van der Waals surface area contributed by atoms with Crippen LogP contribution in [0.1, 0.15) is 17.5 Å². The lowest BCUT2D eigenvalue weighted by atomic mass is 9.75. The van der Waals surface area contributed by atoms with Crippen LogP contribution in [0.4, 0.5) is 0 Å². The first-order chi connectivity index (χ1) is 13.8. The molecule has 2 atom stereocenters. The Balaban J connectivity index is 0.00000320. The van der Waals surface area contributed by atoms with Gasteiger partial charge in [0.1, 0.15) is 5.75 Å². The number of piperidine rings is 1. The van der Waals surface area contributed by atoms with E-state index in [1.54, 1.807) is 19.2 Å². The average molecular weight is 453 g/mol. The lowest BCUT2D eigenvalue weighted by Crippen LogP contribution is -2.54. The van der Waals surface area contributed by atoms with Crippen molar-refractivity contribution in [1.29, 1.82) is 0 Å². The van der Waals surface area contributed by atoms with Crippen molar-refractivity contribution < 1.29 is 14.6 Å². The number of rotatable bonds is 6. The first-order valence-corrected chi connectivity index (χ1v) is 10.2. The molecule has 0 aliphatic carbocycles. The van der Waals surface area contributed by atoms with Crippen LogP contribution in [0.2, 0.25) is 5.02 Å². The summed E-state index contributed by atoms with van der Waals surface area (Å²) >= 11 is 5.94. The third-order valence-electron chi connectivity index (χ3n) is 5.66. The van der Waals surface area contributed by atoms with E-state index in [0.29, 0.717) is 37.5 Å². The van der Waals surface area contributed by atoms with Gasteiger partial charge in [-0.2, -0.15) is 0 Å². The van der Waals surface area contributed by atoms with Crippen LogP contribution in [0.15, 0.2) is 48.5 Å². The fraction of sp³-hybridized carbons (Fsp3) is 0.435. The van der Waals surface area contributed by atoms with Gasteiger partial charge >= 0.3 is 0 Å². The van der Waals surface area contributed by atoms with Gasteiger partial charge in [0, 0.05) is 30.6 Å². The van der Waals surface area contributed by atoms with E-state index >= 15 is 0 Å². The monoisotopic (exact) mass is 452 g/mol. The maximum atomic E-state index is 12.9. The quantitative estimate of drug-likeness (QED) is 0.726. The molecule has 0 aromatic heterocycles. The Morgan fingerprint density at radius 3 is 2.60 bits per heavy atom. The number of hydrogen-bond donors (Lipinski definition) is 1. The van der Waals surface area contributed by atoms with Gasteiger partial charge in [-0.1, -0.05) is 35.9 Å². The third-order valence-corrected chi connectivity index (χ3v) is 5.91. The second-order valence-corrected chi connectivity index (χ2v) is 8.44. The molecule has 1 N–H and O–H groups in total. The van der Waals surface area contributed by atoms with E-state index in [1.165, 1.54) is 0 Å². The Morgan fingerprint density at radius 2 is 1.97 bits per heavy atom. The fourth-order valence-corrected chi connectivity index (χ4v) is 4.18. The summed E-state index contributed by atoms with van der Waals surface area (Å²) in [5.41, 5.74) is 0.779. The van der Waals surface area contributed by atoms with Gasteiger partial charge in [0.25, 0.3) is 0 Å². The molecule has 1 fully saturated rings. The fourth-order valence-electron chi connectivity index (χ4n) is 4.05. The molecule has 0 radical (unpaired) electrons. The summed E-state index contributed by atoms with van der Waals surface area (Å²) in [7, 11) is 5.60. The number of hydrogen-bond acceptors (Lipinski definition) is 4. The van der Waals surface area contributed by atoms with E-state index in [2.05, 4.69) is 4.90 Å². The highest BCUT2D eigenvalue weighted by Crippen LogP contribution is 2.39. The molecule has 1 aliphatic heterocycles. The summed E-state index contributed by atoms with van der Waals surface area (Å²) in [6.07, 6.45) is 0.828. The van der Waals surface area contributed by atoms with Crippen molar-refractivity contribution in [3.8, 4) is 5.75 Å². The van der Waals surface area contributed by atoms with Crippen molar-refractivity contribution >= 4 is 29.9 Å². The highest BCUT2D eigenvalue weighted by molar-refractivity contribution is 6.30. The third kappa shape index (κ3) is 5.67. The molecule has 0 spiro atoms. The van der Waals surface area contributed by atoms with Gasteiger partial charge in [0.2, 0.25) is 5.91 Å². The van der Waals surface area contributed by atoms with Crippen molar-refractivity contribution in [1.82, 2.24) is 9.80 Å². The van der Waals surface area contributed by atoms with Gasteiger partial charge in [-0.3, -0.25) is 4.79 Å². The molecule has 30 heavy (non-hydrogen) atoms. The van der Waals surface area contributed by atoms with Gasteiger partial charge in [-0.15, -0.1) is 12.4 Å². The summed E-state index contributed by atoms with van der Waals surface area (Å²) in [5.74, 6) is 0.692. The Bertz CT molecular complexity index is 845. The molecule has 1 amide bonds. The van der Waals surface area contributed by atoms with Crippen LogP contribution in [0.5, 0.6) is 5.75 Å². The highest BCUT2D eigenvalue weighted by atomic mass is 35.5. The Hall–Kier alpha value is -1.79. The molecular formula is C23H30Cl2N2O3. The lowest BCUT2D eigenvalue weighted by molar-refractivity contribution is -0.141. The van der Waals surface area contributed by atoms with E-state index in [-0.39, 0.29) is 24.2 Å². The molecule has 0 bridgehead atoms. The zero-order valence-electron chi connectivity index (χ0n) is 17.7. The molecule has 1 heterocycles. The maximum Gasteiger partial charge on any atom is 0.227 e. The SMILES string of the molecule is COc1cccc(C2(O)CCN(C(=O)Cc3ccc(Cl)cc3)CC2CN(C)C)c1.Cl. The molecule has 0 saturated carbocycles. The summed E-state index contributed by atoms with van der Waals surface area (Å²) < 4.78 is 5.35. The topological polar surface area (TPSA) is 53.0 Å². The van der Waals surface area contributed by atoms with E-state index < -0.39 is 5.60 Å². The summed E-state index contributed by atoms with van der Waals surface area (Å²) in [6, 6.07) is 15.0. The molecule has 2 unspecified atom stereocenters. The van der Waals surface area contributed by atoms with Crippen LogP contribution < -0.4 is 4.74 Å². The molecule has 5 nitrogen and oxygen atoms in total. The molecule has 7 heteroatoms. The van der Waals surface area contributed by atoms with Crippen LogP contribution >= 0.6 is 24.0 Å². The Kier molecular flexibility index (Phi) is 8.56. The predicted molar refractivity (Wildman–Crippen MR) is 123 cm³/mol. The average Bonchev–Trinajstić information content (AvgIpc) is 2.71. The number of halogens is 2. The van der Waals surface area contributed by atoms with Gasteiger partial charge in [-0.25, -0.2) is 0 Å². The van der Waals surface area contributed by atoms with Crippen molar-refractivity contribution in [2.45, 2.75) is 18.4 Å². The van der Waals surface area contributed by atoms with E-state index in [1.807, 2.05) is 55.4 Å². The lowest BCUT2D eigenvalue weighted by Gasteiger charge is -2.46. The maximum absolute atomic E-state index is 12.9. The van der Waals surface area contributed by atoms with Crippen molar-refractivity contribution in [3.63, 3.8) is 0 Å². The number of aliphatic hydroxyl groups is 1. The number of ether oxygens (including phenoxy) is 1. The zero-order chi connectivity index (χ0) is 21.0. The molecule has 1 saturated heterocycles. The van der Waals surface area contributed by atoms with Crippen LogP contribution in [0, 0.1) is 5.92 Å². The van der Waals surface area contributed by atoms with Crippen LogP contribution in [-0.4, -0.2) is 61.7 Å². The standard InChI is InChI=1S/C23H29ClN2O3.ClH/c1-25(2)15-19-16-26(22(27)13-17-7-9-20(24)10-8-17)12-11-23(19,28)18-5-4-6-21(14-18)29-3;/h4-10,14,19,28H,11-13,15-16H2,1-3H3;1H. The Morgan fingerprint density at radius 1 is 1.27 bits per heavy atom. The molecule has 3 rings (SSSR count). The van der Waals surface area contributed by atoms with Gasteiger partial charge in [0.05, 0.1) is 19.1 Å². The number of likely N-dealkylation sites (tertiary alicyclic amines) is 1.